The third-order valence-corrected chi connectivity index (χ3v) is 9.32. The van der Waals surface area contributed by atoms with Gasteiger partial charge >= 0.3 is 0 Å². The van der Waals surface area contributed by atoms with Gasteiger partial charge in [-0.05, 0) is 66.1 Å². The van der Waals surface area contributed by atoms with Crippen molar-refractivity contribution in [3.05, 3.63) is 116 Å². The van der Waals surface area contributed by atoms with Crippen LogP contribution in [-0.4, -0.2) is 46.1 Å². The Hall–Kier alpha value is -4.63. The van der Waals surface area contributed by atoms with Crippen molar-refractivity contribution in [1.82, 2.24) is 24.3 Å². The highest BCUT2D eigenvalue weighted by Gasteiger charge is 2.29. The Morgan fingerprint density at radius 3 is 2.31 bits per heavy atom. The van der Waals surface area contributed by atoms with E-state index in [-0.39, 0.29) is 68.0 Å². The number of anilines is 1. The Kier molecular flexibility index (Phi) is 8.85. The molecule has 0 aliphatic carbocycles. The Morgan fingerprint density at radius 1 is 0.979 bits per heavy atom. The minimum Gasteiger partial charge on any atom is -0.497 e. The largest absolute Gasteiger partial charge is 0.497 e. The molecule has 0 bridgehead atoms. The zero-order valence-electron chi connectivity index (χ0n) is 25.7. The van der Waals surface area contributed by atoms with Gasteiger partial charge in [-0.3, -0.25) is 14.0 Å². The predicted molar refractivity (Wildman–Crippen MR) is 180 cm³/mol. The average Bonchev–Trinajstić information content (AvgIpc) is 3.36. The Morgan fingerprint density at radius 2 is 1.67 bits per heavy atom. The van der Waals surface area contributed by atoms with Crippen molar-refractivity contribution in [3.63, 3.8) is 0 Å². The standard InChI is InChI=1S/C32H27Cl2F2N7O4S/c1-41-28-25(10-9-23(33)27(28)31(40-41)42(48(3,45)46)16-17-4-6-21(47-2)7-5-17)43-30(24(37)14-18-12-19(35)15-20(36)13-18)39-29-22(32(43)44)8-11-26(34)38-29/h4-13,15,24H,14,16,37H2,1-3H3. The summed E-state index contributed by atoms with van der Waals surface area (Å²) >= 11 is 12.9. The predicted octanol–water partition coefficient (Wildman–Crippen LogP) is 5.47. The number of rotatable bonds is 9. The molecule has 248 valence electrons. The second-order valence-corrected chi connectivity index (χ2v) is 13.8. The number of halogens is 4. The van der Waals surface area contributed by atoms with Gasteiger partial charge in [0.05, 0.1) is 53.0 Å². The Labute approximate surface area is 283 Å². The molecular weight excluding hydrogens is 687 g/mol. The normalized spacial score (nSPS) is 12.5. The molecule has 1 unspecified atom stereocenters. The summed E-state index contributed by atoms with van der Waals surface area (Å²) in [6.07, 6.45) is 0.946. The van der Waals surface area contributed by atoms with E-state index in [2.05, 4.69) is 15.1 Å². The summed E-state index contributed by atoms with van der Waals surface area (Å²) in [6, 6.07) is 14.8. The van der Waals surface area contributed by atoms with Gasteiger partial charge in [-0.2, -0.15) is 5.10 Å². The lowest BCUT2D eigenvalue weighted by atomic mass is 10.0. The van der Waals surface area contributed by atoms with Crippen LogP contribution >= 0.6 is 23.2 Å². The maximum atomic E-state index is 14.2. The van der Waals surface area contributed by atoms with E-state index in [9.17, 15) is 22.0 Å². The van der Waals surface area contributed by atoms with Crippen molar-refractivity contribution < 1.29 is 21.9 Å². The molecule has 0 radical (unpaired) electrons. The van der Waals surface area contributed by atoms with Crippen molar-refractivity contribution in [2.45, 2.75) is 19.0 Å². The number of fused-ring (bicyclic) bond motifs is 2. The van der Waals surface area contributed by atoms with E-state index in [0.29, 0.717) is 11.3 Å². The number of benzene rings is 3. The monoisotopic (exact) mass is 713 g/mol. The van der Waals surface area contributed by atoms with E-state index in [1.54, 1.807) is 37.4 Å². The zero-order valence-corrected chi connectivity index (χ0v) is 28.0. The summed E-state index contributed by atoms with van der Waals surface area (Å²) in [5, 5.41) is 5.17. The van der Waals surface area contributed by atoms with Crippen LogP contribution in [0.4, 0.5) is 14.6 Å². The quantitative estimate of drug-likeness (QED) is 0.195. The minimum atomic E-state index is -3.92. The number of nitrogens with two attached hydrogens (primary N) is 1. The van der Waals surface area contributed by atoms with Gasteiger partial charge in [0.2, 0.25) is 10.0 Å². The molecule has 3 aromatic heterocycles. The summed E-state index contributed by atoms with van der Waals surface area (Å²) < 4.78 is 63.6. The number of nitrogens with zero attached hydrogens (tertiary/aromatic N) is 6. The molecule has 48 heavy (non-hydrogen) atoms. The molecule has 3 aromatic carbocycles. The lowest BCUT2D eigenvalue weighted by Gasteiger charge is -2.21. The molecule has 2 N–H and O–H groups in total. The zero-order chi connectivity index (χ0) is 34.5. The van der Waals surface area contributed by atoms with E-state index < -0.39 is 33.3 Å². The van der Waals surface area contributed by atoms with Gasteiger partial charge in [-0.25, -0.2) is 31.5 Å². The summed E-state index contributed by atoms with van der Waals surface area (Å²) in [4.78, 5) is 23.0. The molecule has 6 aromatic rings. The Bertz CT molecular complexity index is 2370. The molecular formula is C32H27Cl2F2N7O4S. The maximum Gasteiger partial charge on any atom is 0.267 e. The molecule has 0 fully saturated rings. The van der Waals surface area contributed by atoms with Crippen LogP contribution in [-0.2, 0) is 30.0 Å². The van der Waals surface area contributed by atoms with Gasteiger partial charge in [0, 0.05) is 13.1 Å². The average molecular weight is 715 g/mol. The smallest absolute Gasteiger partial charge is 0.267 e. The van der Waals surface area contributed by atoms with Crippen LogP contribution in [0.2, 0.25) is 10.2 Å². The van der Waals surface area contributed by atoms with E-state index >= 15 is 0 Å². The molecule has 1 atom stereocenters. The topological polar surface area (TPSA) is 138 Å². The van der Waals surface area contributed by atoms with Crippen molar-refractivity contribution in [3.8, 4) is 11.4 Å². The van der Waals surface area contributed by atoms with Crippen molar-refractivity contribution in [1.29, 1.82) is 0 Å². The van der Waals surface area contributed by atoms with Crippen LogP contribution in [0.5, 0.6) is 5.75 Å². The highest BCUT2D eigenvalue weighted by molar-refractivity contribution is 7.92. The highest BCUT2D eigenvalue weighted by atomic mass is 35.5. The van der Waals surface area contributed by atoms with E-state index in [1.807, 2.05) is 0 Å². The fourth-order valence-electron chi connectivity index (χ4n) is 5.55. The van der Waals surface area contributed by atoms with Gasteiger partial charge in [0.15, 0.2) is 11.5 Å². The minimum absolute atomic E-state index is 0.00323. The fraction of sp³-hybridized carbons (Fsp3) is 0.188. The molecule has 0 aliphatic rings. The molecule has 0 amide bonds. The van der Waals surface area contributed by atoms with E-state index in [4.69, 9.17) is 33.7 Å². The molecule has 3 heterocycles. The van der Waals surface area contributed by atoms with Gasteiger partial charge in [0.25, 0.3) is 5.56 Å². The van der Waals surface area contributed by atoms with Crippen LogP contribution in [0.25, 0.3) is 27.6 Å². The second-order valence-electron chi connectivity index (χ2n) is 11.1. The molecule has 16 heteroatoms. The van der Waals surface area contributed by atoms with Crippen molar-refractivity contribution in [2.24, 2.45) is 12.8 Å². The number of methoxy groups -OCH3 is 1. The summed E-state index contributed by atoms with van der Waals surface area (Å²) in [7, 11) is -0.818. The lowest BCUT2D eigenvalue weighted by molar-refractivity contribution is 0.414. The first-order chi connectivity index (χ1) is 22.7. The first kappa shape index (κ1) is 33.3. The third kappa shape index (κ3) is 6.31. The van der Waals surface area contributed by atoms with E-state index in [0.717, 1.165) is 28.8 Å². The molecule has 0 saturated heterocycles. The number of ether oxygens (including phenoxy) is 1. The molecule has 11 nitrogen and oxygen atoms in total. The summed E-state index contributed by atoms with van der Waals surface area (Å²) in [5.74, 6) is -0.961. The van der Waals surface area contributed by atoms with Crippen molar-refractivity contribution >= 4 is 61.0 Å². The fourth-order valence-corrected chi connectivity index (χ4v) is 6.76. The maximum absolute atomic E-state index is 14.2. The van der Waals surface area contributed by atoms with Crippen molar-refractivity contribution in [2.75, 3.05) is 17.7 Å². The van der Waals surface area contributed by atoms with Gasteiger partial charge < -0.3 is 10.5 Å². The van der Waals surface area contributed by atoms with Crippen LogP contribution in [0.15, 0.2) is 71.5 Å². The van der Waals surface area contributed by atoms with E-state index in [1.165, 1.54) is 34.6 Å². The van der Waals surface area contributed by atoms with Crippen LogP contribution in [0.3, 0.4) is 0 Å². The molecule has 6 rings (SSSR count). The third-order valence-electron chi connectivity index (χ3n) is 7.69. The number of pyridine rings is 1. The SMILES string of the molecule is COc1ccc(CN(c2nn(C)c3c(-n4c(C(N)Cc5cc(F)cc(F)c5)nc5nc(Cl)ccc5c4=O)ccc(Cl)c23)S(C)(=O)=O)cc1. The highest BCUT2D eigenvalue weighted by Crippen LogP contribution is 2.38. The molecule has 0 aliphatic heterocycles. The molecule has 0 spiro atoms. The Balaban J connectivity index is 1.58. The van der Waals surface area contributed by atoms with Gasteiger partial charge in [0.1, 0.15) is 28.4 Å². The number of sulfonamides is 1. The first-order valence-corrected chi connectivity index (χ1v) is 16.9. The number of hydrogen-bond donors (Lipinski definition) is 1. The van der Waals surface area contributed by atoms with Gasteiger partial charge in [-0.15, -0.1) is 0 Å². The number of hydrogen-bond acceptors (Lipinski definition) is 8. The summed E-state index contributed by atoms with van der Waals surface area (Å²) in [5.41, 5.74) is 7.44. The lowest BCUT2D eigenvalue weighted by Crippen LogP contribution is -2.30. The molecule has 0 saturated carbocycles. The van der Waals surface area contributed by atoms with Crippen LogP contribution in [0, 0.1) is 11.6 Å². The van der Waals surface area contributed by atoms with Gasteiger partial charge in [-0.1, -0.05) is 35.3 Å². The van der Waals surface area contributed by atoms with Crippen LogP contribution in [0.1, 0.15) is 23.0 Å². The number of aromatic nitrogens is 5. The first-order valence-electron chi connectivity index (χ1n) is 14.3. The second kappa shape index (κ2) is 12.8. The van der Waals surface area contributed by atoms with Crippen LogP contribution < -0.4 is 20.3 Å². The number of aryl methyl sites for hydroxylation is 1. The summed E-state index contributed by atoms with van der Waals surface area (Å²) in [6.45, 7) is -0.0836.